The van der Waals surface area contributed by atoms with Gasteiger partial charge in [0.05, 0.1) is 10.5 Å². The van der Waals surface area contributed by atoms with Crippen LogP contribution >= 0.6 is 0 Å². The lowest BCUT2D eigenvalue weighted by Gasteiger charge is -2.09. The first kappa shape index (κ1) is 16.3. The minimum Gasteiger partial charge on any atom is -0.507 e. The largest absolute Gasteiger partial charge is 0.507 e. The second-order valence-corrected chi connectivity index (χ2v) is 4.98. The first-order chi connectivity index (χ1) is 11.0. The van der Waals surface area contributed by atoms with Crippen LogP contribution in [0, 0.1) is 17.0 Å². The van der Waals surface area contributed by atoms with Crippen LogP contribution in [0.4, 0.5) is 11.4 Å². The zero-order chi connectivity index (χ0) is 16.8. The molecule has 0 aliphatic rings. The lowest BCUT2D eigenvalue weighted by molar-refractivity contribution is -0.384. The number of nitrogens with one attached hydrogen (secondary N) is 2. The van der Waals surface area contributed by atoms with Crippen LogP contribution in [-0.2, 0) is 0 Å². The molecule has 2 aromatic carbocycles. The van der Waals surface area contributed by atoms with Gasteiger partial charge in [-0.25, -0.2) is 0 Å². The molecule has 0 unspecified atom stereocenters. The summed E-state index contributed by atoms with van der Waals surface area (Å²) in [5.41, 5.74) is 1.45. The molecule has 0 aliphatic heterocycles. The van der Waals surface area contributed by atoms with Gasteiger partial charge in [0.1, 0.15) is 11.4 Å². The summed E-state index contributed by atoms with van der Waals surface area (Å²) in [4.78, 5) is 22.4. The number of nitro benzene ring substituents is 1. The number of anilines is 1. The molecular formula is C16H17N3O4. The molecule has 3 N–H and O–H groups in total. The Balaban J connectivity index is 1.90. The number of hydrogen-bond acceptors (Lipinski definition) is 5. The van der Waals surface area contributed by atoms with Gasteiger partial charge >= 0.3 is 0 Å². The van der Waals surface area contributed by atoms with Gasteiger partial charge in [-0.1, -0.05) is 23.8 Å². The van der Waals surface area contributed by atoms with E-state index in [0.29, 0.717) is 12.2 Å². The Morgan fingerprint density at radius 1 is 1.22 bits per heavy atom. The number of carbonyl (C=O) groups is 1. The summed E-state index contributed by atoms with van der Waals surface area (Å²) in [5.74, 6) is -0.477. The number of nitrogens with zero attached hydrogens (tertiary/aromatic N) is 1. The number of amides is 1. The standard InChI is InChI=1S/C16H17N3O4/c1-11-6-7-15(20)12(10-11)16(21)18-9-8-17-13-4-2-3-5-14(13)19(22)23/h2-7,10,17,20H,8-9H2,1H3,(H,18,21). The summed E-state index contributed by atoms with van der Waals surface area (Å²) < 4.78 is 0. The number of aryl methyl sites for hydroxylation is 1. The number of phenols is 1. The maximum atomic E-state index is 12.0. The molecule has 2 rings (SSSR count). The van der Waals surface area contributed by atoms with Gasteiger partial charge in [-0.3, -0.25) is 14.9 Å². The van der Waals surface area contributed by atoms with E-state index in [1.165, 1.54) is 12.1 Å². The number of aromatic hydroxyl groups is 1. The van der Waals surface area contributed by atoms with Gasteiger partial charge in [0, 0.05) is 19.2 Å². The van der Waals surface area contributed by atoms with Gasteiger partial charge in [0.2, 0.25) is 0 Å². The first-order valence-electron chi connectivity index (χ1n) is 7.04. The minimum atomic E-state index is -0.467. The third-order valence-corrected chi connectivity index (χ3v) is 3.22. The van der Waals surface area contributed by atoms with Crippen molar-refractivity contribution in [3.8, 4) is 5.75 Å². The number of hydrogen-bond donors (Lipinski definition) is 3. The van der Waals surface area contributed by atoms with Crippen molar-refractivity contribution in [2.45, 2.75) is 6.92 Å². The van der Waals surface area contributed by atoms with E-state index >= 15 is 0 Å². The molecule has 0 saturated heterocycles. The number of phenolic OH excluding ortho intramolecular Hbond substituents is 1. The molecule has 0 aromatic heterocycles. The van der Waals surface area contributed by atoms with Crippen molar-refractivity contribution in [2.24, 2.45) is 0 Å². The highest BCUT2D eigenvalue weighted by atomic mass is 16.6. The first-order valence-corrected chi connectivity index (χ1v) is 7.04. The topological polar surface area (TPSA) is 104 Å². The summed E-state index contributed by atoms with van der Waals surface area (Å²) in [6, 6.07) is 11.1. The second-order valence-electron chi connectivity index (χ2n) is 4.98. The second kappa shape index (κ2) is 7.26. The average molecular weight is 315 g/mol. The molecule has 0 spiro atoms. The van der Waals surface area contributed by atoms with Crippen LogP contribution in [0.3, 0.4) is 0 Å². The van der Waals surface area contributed by atoms with Crippen molar-refractivity contribution in [3.05, 3.63) is 63.7 Å². The van der Waals surface area contributed by atoms with Crippen LogP contribution in [0.15, 0.2) is 42.5 Å². The fourth-order valence-electron chi connectivity index (χ4n) is 2.08. The van der Waals surface area contributed by atoms with Crippen molar-refractivity contribution in [1.29, 1.82) is 0 Å². The number of nitro groups is 1. The molecule has 2 aromatic rings. The van der Waals surface area contributed by atoms with Crippen molar-refractivity contribution < 1.29 is 14.8 Å². The monoisotopic (exact) mass is 315 g/mol. The van der Waals surface area contributed by atoms with Crippen molar-refractivity contribution in [1.82, 2.24) is 5.32 Å². The van der Waals surface area contributed by atoms with Gasteiger partial charge in [-0.15, -0.1) is 0 Å². The van der Waals surface area contributed by atoms with Crippen molar-refractivity contribution in [3.63, 3.8) is 0 Å². The van der Waals surface area contributed by atoms with Gasteiger partial charge in [0.25, 0.3) is 11.6 Å². The minimum absolute atomic E-state index is 0.0184. The molecule has 0 saturated carbocycles. The third kappa shape index (κ3) is 4.19. The smallest absolute Gasteiger partial charge is 0.292 e. The van der Waals surface area contributed by atoms with Crippen LogP contribution in [-0.4, -0.2) is 29.0 Å². The Hall–Kier alpha value is -3.09. The Bertz CT molecular complexity index is 731. The molecule has 0 heterocycles. The summed E-state index contributed by atoms with van der Waals surface area (Å²) in [6.07, 6.45) is 0. The van der Waals surface area contributed by atoms with Crippen molar-refractivity contribution >= 4 is 17.3 Å². The number of rotatable bonds is 6. The van der Waals surface area contributed by atoms with E-state index in [4.69, 9.17) is 0 Å². The Morgan fingerprint density at radius 2 is 1.96 bits per heavy atom. The van der Waals surface area contributed by atoms with Crippen LogP contribution in [0.5, 0.6) is 5.75 Å². The van der Waals surface area contributed by atoms with E-state index < -0.39 is 10.8 Å². The molecule has 120 valence electrons. The summed E-state index contributed by atoms with van der Waals surface area (Å²) in [5, 5.41) is 26.1. The number of carbonyl (C=O) groups excluding carboxylic acids is 1. The van der Waals surface area contributed by atoms with Crippen LogP contribution in [0.2, 0.25) is 0 Å². The zero-order valence-corrected chi connectivity index (χ0v) is 12.6. The maximum Gasteiger partial charge on any atom is 0.292 e. The summed E-state index contributed by atoms with van der Waals surface area (Å²) >= 11 is 0. The fraction of sp³-hybridized carbons (Fsp3) is 0.188. The highest BCUT2D eigenvalue weighted by molar-refractivity contribution is 5.97. The molecule has 0 aliphatic carbocycles. The fourth-order valence-corrected chi connectivity index (χ4v) is 2.08. The molecular weight excluding hydrogens is 298 g/mol. The SMILES string of the molecule is Cc1ccc(O)c(C(=O)NCCNc2ccccc2[N+](=O)[O-])c1. The van der Waals surface area contributed by atoms with E-state index in [-0.39, 0.29) is 23.5 Å². The maximum absolute atomic E-state index is 12.0. The molecule has 7 nitrogen and oxygen atoms in total. The van der Waals surface area contributed by atoms with Crippen LogP contribution in [0.1, 0.15) is 15.9 Å². The van der Waals surface area contributed by atoms with Crippen LogP contribution in [0.25, 0.3) is 0 Å². The Labute approximate surface area is 133 Å². The van der Waals surface area contributed by atoms with Gasteiger partial charge in [-0.2, -0.15) is 0 Å². The van der Waals surface area contributed by atoms with Crippen molar-refractivity contribution in [2.75, 3.05) is 18.4 Å². The molecule has 0 radical (unpaired) electrons. The lowest BCUT2D eigenvalue weighted by Crippen LogP contribution is -2.29. The lowest BCUT2D eigenvalue weighted by atomic mass is 10.1. The zero-order valence-electron chi connectivity index (χ0n) is 12.6. The van der Waals surface area contributed by atoms with Gasteiger partial charge in [-0.05, 0) is 25.1 Å². The Kier molecular flexibility index (Phi) is 5.14. The average Bonchev–Trinajstić information content (AvgIpc) is 2.53. The highest BCUT2D eigenvalue weighted by Crippen LogP contribution is 2.22. The predicted molar refractivity (Wildman–Crippen MR) is 86.8 cm³/mol. The van der Waals surface area contributed by atoms with E-state index in [0.717, 1.165) is 5.56 Å². The Morgan fingerprint density at radius 3 is 2.70 bits per heavy atom. The predicted octanol–water partition coefficient (Wildman–Crippen LogP) is 2.45. The van der Waals surface area contributed by atoms with E-state index in [1.54, 1.807) is 30.3 Å². The molecule has 23 heavy (non-hydrogen) atoms. The normalized spacial score (nSPS) is 10.1. The molecule has 1 amide bonds. The molecule has 0 bridgehead atoms. The van der Waals surface area contributed by atoms with E-state index in [2.05, 4.69) is 10.6 Å². The van der Waals surface area contributed by atoms with E-state index in [1.807, 2.05) is 6.92 Å². The summed E-state index contributed by atoms with van der Waals surface area (Å²) in [7, 11) is 0. The van der Waals surface area contributed by atoms with Gasteiger partial charge in [0.15, 0.2) is 0 Å². The summed E-state index contributed by atoms with van der Waals surface area (Å²) in [6.45, 7) is 2.41. The quantitative estimate of drug-likeness (QED) is 0.431. The molecule has 7 heteroatoms. The van der Waals surface area contributed by atoms with Crippen LogP contribution < -0.4 is 10.6 Å². The molecule has 0 atom stereocenters. The highest BCUT2D eigenvalue weighted by Gasteiger charge is 2.13. The van der Waals surface area contributed by atoms with Gasteiger partial charge < -0.3 is 15.7 Å². The van der Waals surface area contributed by atoms with E-state index in [9.17, 15) is 20.0 Å². The number of para-hydroxylation sites is 2. The molecule has 0 fully saturated rings. The third-order valence-electron chi connectivity index (χ3n) is 3.22. The number of benzene rings is 2.